The molecule has 0 aliphatic carbocycles. The van der Waals surface area contributed by atoms with Crippen molar-refractivity contribution < 1.29 is 13.9 Å². The third kappa shape index (κ3) is 3.76. The van der Waals surface area contributed by atoms with Gasteiger partial charge in [-0.25, -0.2) is 0 Å². The lowest BCUT2D eigenvalue weighted by atomic mass is 10.2. The van der Waals surface area contributed by atoms with Crippen molar-refractivity contribution in [3.63, 3.8) is 0 Å². The Balaban J connectivity index is 1.60. The Morgan fingerprint density at radius 3 is 3.00 bits per heavy atom. The number of hydrogen-bond acceptors (Lipinski definition) is 5. The third-order valence-electron chi connectivity index (χ3n) is 4.06. The van der Waals surface area contributed by atoms with Gasteiger partial charge < -0.3 is 19.0 Å². The summed E-state index contributed by atoms with van der Waals surface area (Å²) in [6.07, 6.45) is 4.13. The fourth-order valence-corrected chi connectivity index (χ4v) is 2.88. The van der Waals surface area contributed by atoms with E-state index in [1.54, 1.807) is 23.4 Å². The summed E-state index contributed by atoms with van der Waals surface area (Å²) >= 11 is 0. The minimum absolute atomic E-state index is 0.00109. The maximum Gasteiger partial charge on any atom is 0.289 e. The molecule has 1 amide bonds. The number of rotatable bonds is 5. The summed E-state index contributed by atoms with van der Waals surface area (Å²) in [6.45, 7) is 3.90. The highest BCUT2D eigenvalue weighted by Crippen LogP contribution is 2.21. The number of carbonyl (C=O) groups excluding carboxylic acids is 1. The maximum atomic E-state index is 12.5. The lowest BCUT2D eigenvalue weighted by molar-refractivity contribution is 0.0740. The Bertz CT molecular complexity index is 711. The van der Waals surface area contributed by atoms with Gasteiger partial charge in [0.2, 0.25) is 0 Å². The smallest absolute Gasteiger partial charge is 0.289 e. The SMILES string of the molecule is Cc1ccoc1C(=O)N1CCC(Oc2ccnc(CN(C)C)c2)C1. The van der Waals surface area contributed by atoms with Gasteiger partial charge in [-0.05, 0) is 33.2 Å². The van der Waals surface area contributed by atoms with Crippen LogP contribution in [-0.2, 0) is 6.54 Å². The van der Waals surface area contributed by atoms with Crippen LogP contribution in [0.1, 0.15) is 28.2 Å². The summed E-state index contributed by atoms with van der Waals surface area (Å²) in [6, 6.07) is 5.63. The second-order valence-electron chi connectivity index (χ2n) is 6.43. The fourth-order valence-electron chi connectivity index (χ4n) is 2.88. The van der Waals surface area contributed by atoms with E-state index in [4.69, 9.17) is 9.15 Å². The fraction of sp³-hybridized carbons (Fsp3) is 0.444. The van der Waals surface area contributed by atoms with Crippen LogP contribution < -0.4 is 4.74 Å². The summed E-state index contributed by atoms with van der Waals surface area (Å²) in [5, 5.41) is 0. The summed E-state index contributed by atoms with van der Waals surface area (Å²) in [5.74, 6) is 1.16. The minimum atomic E-state index is -0.0633. The number of hydrogen-bond donors (Lipinski definition) is 0. The zero-order valence-electron chi connectivity index (χ0n) is 14.4. The first-order valence-corrected chi connectivity index (χ1v) is 8.12. The van der Waals surface area contributed by atoms with Gasteiger partial charge in [-0.2, -0.15) is 0 Å². The number of nitrogens with zero attached hydrogens (tertiary/aromatic N) is 3. The van der Waals surface area contributed by atoms with Gasteiger partial charge >= 0.3 is 0 Å². The van der Waals surface area contributed by atoms with Gasteiger partial charge in [0.1, 0.15) is 11.9 Å². The van der Waals surface area contributed by atoms with Crippen molar-refractivity contribution in [1.29, 1.82) is 0 Å². The number of carbonyl (C=O) groups is 1. The van der Waals surface area contributed by atoms with E-state index in [-0.39, 0.29) is 12.0 Å². The average molecular weight is 329 g/mol. The molecule has 6 nitrogen and oxygen atoms in total. The monoisotopic (exact) mass is 329 g/mol. The molecule has 2 aromatic heterocycles. The lowest BCUT2D eigenvalue weighted by Crippen LogP contribution is -2.31. The Hall–Kier alpha value is -2.34. The molecule has 3 rings (SSSR count). The number of furan rings is 1. The van der Waals surface area contributed by atoms with E-state index in [1.807, 2.05) is 33.2 Å². The molecular weight excluding hydrogens is 306 g/mol. The van der Waals surface area contributed by atoms with Crippen molar-refractivity contribution in [2.24, 2.45) is 0 Å². The van der Waals surface area contributed by atoms with Crippen LogP contribution >= 0.6 is 0 Å². The van der Waals surface area contributed by atoms with Gasteiger partial charge in [0.25, 0.3) is 5.91 Å². The summed E-state index contributed by atoms with van der Waals surface area (Å²) < 4.78 is 11.3. The molecule has 0 bridgehead atoms. The first-order valence-electron chi connectivity index (χ1n) is 8.12. The van der Waals surface area contributed by atoms with Crippen molar-refractivity contribution >= 4 is 5.91 Å². The topological polar surface area (TPSA) is 58.8 Å². The van der Waals surface area contributed by atoms with Crippen molar-refractivity contribution in [2.75, 3.05) is 27.2 Å². The van der Waals surface area contributed by atoms with E-state index in [9.17, 15) is 4.79 Å². The van der Waals surface area contributed by atoms with Crippen LogP contribution in [0.2, 0.25) is 0 Å². The Kier molecular flexibility index (Phi) is 4.85. The zero-order valence-corrected chi connectivity index (χ0v) is 14.4. The van der Waals surface area contributed by atoms with Gasteiger partial charge in [0.05, 0.1) is 18.5 Å². The molecule has 1 saturated heterocycles. The predicted molar refractivity (Wildman–Crippen MR) is 90.0 cm³/mol. The quantitative estimate of drug-likeness (QED) is 0.843. The van der Waals surface area contributed by atoms with Crippen LogP contribution in [-0.4, -0.2) is 54.0 Å². The van der Waals surface area contributed by atoms with Gasteiger partial charge in [-0.1, -0.05) is 0 Å². The first-order chi connectivity index (χ1) is 11.5. The van der Waals surface area contributed by atoms with Crippen molar-refractivity contribution in [2.45, 2.75) is 26.0 Å². The number of aromatic nitrogens is 1. The molecule has 3 heterocycles. The molecule has 1 fully saturated rings. The van der Waals surface area contributed by atoms with Gasteiger partial charge in [-0.3, -0.25) is 9.78 Å². The van der Waals surface area contributed by atoms with E-state index in [0.717, 1.165) is 30.0 Å². The molecule has 1 aliphatic heterocycles. The molecule has 0 saturated carbocycles. The van der Waals surface area contributed by atoms with Crippen LogP contribution in [0.4, 0.5) is 0 Å². The molecule has 1 unspecified atom stereocenters. The second-order valence-corrected chi connectivity index (χ2v) is 6.43. The average Bonchev–Trinajstić information content (AvgIpc) is 3.15. The number of amides is 1. The Morgan fingerprint density at radius 1 is 1.46 bits per heavy atom. The molecule has 1 aliphatic rings. The molecular formula is C18H23N3O3. The van der Waals surface area contributed by atoms with Crippen LogP contribution in [0.25, 0.3) is 0 Å². The predicted octanol–water partition coefficient (Wildman–Crippen LogP) is 2.34. The molecule has 0 radical (unpaired) electrons. The number of ether oxygens (including phenoxy) is 1. The van der Waals surface area contributed by atoms with E-state index >= 15 is 0 Å². The third-order valence-corrected chi connectivity index (χ3v) is 4.06. The van der Waals surface area contributed by atoms with Gasteiger partial charge in [0.15, 0.2) is 5.76 Å². The molecule has 128 valence electrons. The van der Waals surface area contributed by atoms with Crippen LogP contribution in [0.3, 0.4) is 0 Å². The second kappa shape index (κ2) is 7.05. The molecule has 6 heteroatoms. The van der Waals surface area contributed by atoms with E-state index in [1.165, 1.54) is 0 Å². The summed E-state index contributed by atoms with van der Waals surface area (Å²) in [5.41, 5.74) is 1.83. The molecule has 24 heavy (non-hydrogen) atoms. The van der Waals surface area contributed by atoms with E-state index < -0.39 is 0 Å². The van der Waals surface area contributed by atoms with Crippen molar-refractivity contribution in [1.82, 2.24) is 14.8 Å². The number of pyridine rings is 1. The molecule has 0 spiro atoms. The Morgan fingerprint density at radius 2 is 2.29 bits per heavy atom. The molecule has 2 aromatic rings. The highest BCUT2D eigenvalue weighted by atomic mass is 16.5. The number of likely N-dealkylation sites (tertiary alicyclic amines) is 1. The van der Waals surface area contributed by atoms with Crippen molar-refractivity contribution in [3.8, 4) is 5.75 Å². The lowest BCUT2D eigenvalue weighted by Gasteiger charge is -2.17. The van der Waals surface area contributed by atoms with Crippen LogP contribution in [0, 0.1) is 6.92 Å². The Labute approximate surface area is 142 Å². The normalized spacial score (nSPS) is 17.5. The van der Waals surface area contributed by atoms with Crippen molar-refractivity contribution in [3.05, 3.63) is 47.7 Å². The summed E-state index contributed by atoms with van der Waals surface area (Å²) in [4.78, 5) is 20.7. The minimum Gasteiger partial charge on any atom is -0.488 e. The van der Waals surface area contributed by atoms with Crippen LogP contribution in [0.5, 0.6) is 5.75 Å². The summed E-state index contributed by atoms with van der Waals surface area (Å²) in [7, 11) is 4.01. The van der Waals surface area contributed by atoms with Gasteiger partial charge in [-0.15, -0.1) is 0 Å². The van der Waals surface area contributed by atoms with E-state index in [2.05, 4.69) is 9.88 Å². The van der Waals surface area contributed by atoms with E-state index in [0.29, 0.717) is 18.8 Å². The number of aryl methyl sites for hydroxylation is 1. The molecule has 1 atom stereocenters. The molecule has 0 aromatic carbocycles. The zero-order chi connectivity index (χ0) is 17.1. The van der Waals surface area contributed by atoms with Crippen LogP contribution in [0.15, 0.2) is 35.1 Å². The maximum absolute atomic E-state index is 12.5. The van der Waals surface area contributed by atoms with Gasteiger partial charge in [0, 0.05) is 37.3 Å². The largest absolute Gasteiger partial charge is 0.488 e. The highest BCUT2D eigenvalue weighted by Gasteiger charge is 2.30. The highest BCUT2D eigenvalue weighted by molar-refractivity contribution is 5.93. The standard InChI is InChI=1S/C18H23N3O3/c1-13-6-9-23-17(13)18(22)21-8-5-16(12-21)24-15-4-7-19-14(10-15)11-20(2)3/h4,6-7,9-10,16H,5,8,11-12H2,1-3H3. The molecule has 0 N–H and O–H groups in total. The first kappa shape index (κ1) is 16.5.